The molecule has 1 aliphatic carbocycles. The van der Waals surface area contributed by atoms with Gasteiger partial charge in [-0.1, -0.05) is 72.8 Å². The van der Waals surface area contributed by atoms with Crippen molar-refractivity contribution >= 4 is 16.7 Å². The number of rotatable bonds is 5. The number of benzene rings is 3. The van der Waals surface area contributed by atoms with E-state index < -0.39 is 0 Å². The zero-order valence-electron chi connectivity index (χ0n) is 22.4. The van der Waals surface area contributed by atoms with Gasteiger partial charge in [-0.2, -0.15) is 5.10 Å². The summed E-state index contributed by atoms with van der Waals surface area (Å²) >= 11 is 0. The van der Waals surface area contributed by atoms with Crippen LogP contribution in [0.5, 0.6) is 0 Å². The van der Waals surface area contributed by atoms with Gasteiger partial charge in [-0.25, -0.2) is 9.67 Å². The van der Waals surface area contributed by atoms with Crippen molar-refractivity contribution in [1.29, 1.82) is 0 Å². The Labute approximate surface area is 236 Å². The number of fused-ring (bicyclic) bond motifs is 3. The fraction of sp³-hybridized carbons (Fsp3) is 0.118. The second-order valence-electron chi connectivity index (χ2n) is 10.8. The molecule has 0 bridgehead atoms. The van der Waals surface area contributed by atoms with Crippen molar-refractivity contribution in [2.24, 2.45) is 5.73 Å². The fourth-order valence-electron chi connectivity index (χ4n) is 5.83. The first-order chi connectivity index (χ1) is 20.2. The van der Waals surface area contributed by atoms with Gasteiger partial charge < -0.3 is 5.73 Å². The molecule has 4 heterocycles. The van der Waals surface area contributed by atoms with Crippen molar-refractivity contribution < 1.29 is 0 Å². The molecule has 7 aromatic rings. The summed E-state index contributed by atoms with van der Waals surface area (Å²) in [6, 6.07) is 35.3. The van der Waals surface area contributed by atoms with E-state index in [0.29, 0.717) is 0 Å². The summed E-state index contributed by atoms with van der Waals surface area (Å²) in [6.45, 7) is 0. The van der Waals surface area contributed by atoms with E-state index in [0.717, 1.165) is 69.0 Å². The number of nitrogens with zero attached hydrogens (tertiary/aromatic N) is 6. The molecule has 0 spiro atoms. The zero-order chi connectivity index (χ0) is 27.4. The van der Waals surface area contributed by atoms with E-state index in [2.05, 4.69) is 74.3 Å². The molecule has 8 rings (SSSR count). The molecule has 1 fully saturated rings. The normalized spacial score (nSPS) is 14.4. The average Bonchev–Trinajstić information content (AvgIpc) is 3.68. The van der Waals surface area contributed by atoms with Gasteiger partial charge in [-0.05, 0) is 60.7 Å². The van der Waals surface area contributed by atoms with Crippen LogP contribution in [0.3, 0.4) is 0 Å². The van der Waals surface area contributed by atoms with Crippen molar-refractivity contribution in [2.75, 3.05) is 0 Å². The highest BCUT2D eigenvalue weighted by Crippen LogP contribution is 2.40. The fourth-order valence-corrected chi connectivity index (χ4v) is 5.83. The Bertz CT molecular complexity index is 2020. The van der Waals surface area contributed by atoms with E-state index in [9.17, 15) is 0 Å². The third kappa shape index (κ3) is 3.93. The van der Waals surface area contributed by atoms with Crippen LogP contribution in [0.25, 0.3) is 56.1 Å². The Morgan fingerprint density at radius 1 is 0.732 bits per heavy atom. The Balaban J connectivity index is 1.31. The van der Waals surface area contributed by atoms with Crippen molar-refractivity contribution in [3.63, 3.8) is 0 Å². The van der Waals surface area contributed by atoms with E-state index in [1.54, 1.807) is 0 Å². The molecule has 7 nitrogen and oxygen atoms in total. The highest BCUT2D eigenvalue weighted by molar-refractivity contribution is 5.92. The second-order valence-corrected chi connectivity index (χ2v) is 10.8. The number of hydrogen-bond donors (Lipinski definition) is 1. The molecule has 41 heavy (non-hydrogen) atoms. The van der Waals surface area contributed by atoms with Crippen LogP contribution >= 0.6 is 0 Å². The molecule has 0 aliphatic heterocycles. The summed E-state index contributed by atoms with van der Waals surface area (Å²) in [5.41, 5.74) is 16.2. The predicted molar refractivity (Wildman–Crippen MR) is 161 cm³/mol. The SMILES string of the molecule is NC1(c2ccc(-c3nc4ccc5nnc(-c6cnn(-c7ccccc7)c6)n5c4cc3-c3ccccc3)cc2)CCC1. The molecular weight excluding hydrogens is 506 g/mol. The molecule has 0 atom stereocenters. The summed E-state index contributed by atoms with van der Waals surface area (Å²) in [5, 5.41) is 13.7. The molecule has 1 saturated carbocycles. The van der Waals surface area contributed by atoms with Crippen molar-refractivity contribution in [3.05, 3.63) is 121 Å². The Morgan fingerprint density at radius 2 is 1.49 bits per heavy atom. The van der Waals surface area contributed by atoms with Gasteiger partial charge in [-0.3, -0.25) is 4.40 Å². The van der Waals surface area contributed by atoms with Crippen LogP contribution in [-0.4, -0.2) is 29.4 Å². The highest BCUT2D eigenvalue weighted by Gasteiger charge is 2.34. The van der Waals surface area contributed by atoms with Gasteiger partial charge in [0.05, 0.1) is 34.2 Å². The van der Waals surface area contributed by atoms with Crippen LogP contribution in [0.2, 0.25) is 0 Å². The number of para-hydroxylation sites is 1. The Morgan fingerprint density at radius 3 is 2.22 bits per heavy atom. The molecule has 3 aromatic carbocycles. The lowest BCUT2D eigenvalue weighted by Crippen LogP contribution is -2.43. The maximum Gasteiger partial charge on any atom is 0.172 e. The summed E-state index contributed by atoms with van der Waals surface area (Å²) in [7, 11) is 0. The first kappa shape index (κ1) is 23.7. The van der Waals surface area contributed by atoms with Crippen LogP contribution in [0, 0.1) is 0 Å². The number of pyridine rings is 2. The van der Waals surface area contributed by atoms with Gasteiger partial charge in [0.1, 0.15) is 0 Å². The molecule has 2 N–H and O–H groups in total. The van der Waals surface area contributed by atoms with Crippen LogP contribution in [0.4, 0.5) is 0 Å². The van der Waals surface area contributed by atoms with Gasteiger partial charge in [0, 0.05) is 22.9 Å². The smallest absolute Gasteiger partial charge is 0.172 e. The number of nitrogens with two attached hydrogens (primary N) is 1. The average molecular weight is 534 g/mol. The molecule has 4 aromatic heterocycles. The second kappa shape index (κ2) is 9.21. The lowest BCUT2D eigenvalue weighted by molar-refractivity contribution is 0.253. The predicted octanol–water partition coefficient (Wildman–Crippen LogP) is 6.80. The third-order valence-corrected chi connectivity index (χ3v) is 8.28. The van der Waals surface area contributed by atoms with Crippen molar-refractivity contribution in [1.82, 2.24) is 29.4 Å². The molecule has 0 unspecified atom stereocenters. The zero-order valence-corrected chi connectivity index (χ0v) is 22.4. The minimum Gasteiger partial charge on any atom is -0.321 e. The molecule has 198 valence electrons. The minimum absolute atomic E-state index is 0.192. The van der Waals surface area contributed by atoms with E-state index in [1.165, 1.54) is 12.0 Å². The van der Waals surface area contributed by atoms with Gasteiger partial charge in [0.25, 0.3) is 0 Å². The topological polar surface area (TPSA) is 86.9 Å². The third-order valence-electron chi connectivity index (χ3n) is 8.28. The van der Waals surface area contributed by atoms with E-state index in [1.807, 2.05) is 65.6 Å². The number of aromatic nitrogens is 6. The first-order valence-corrected chi connectivity index (χ1v) is 13.9. The van der Waals surface area contributed by atoms with Crippen LogP contribution in [-0.2, 0) is 5.54 Å². The molecule has 0 saturated heterocycles. The van der Waals surface area contributed by atoms with Gasteiger partial charge >= 0.3 is 0 Å². The van der Waals surface area contributed by atoms with Crippen LogP contribution in [0.15, 0.2) is 116 Å². The van der Waals surface area contributed by atoms with Gasteiger partial charge in [0.15, 0.2) is 11.5 Å². The molecular formula is C34H27N7. The summed E-state index contributed by atoms with van der Waals surface area (Å²) in [6.07, 6.45) is 7.08. The van der Waals surface area contributed by atoms with E-state index in [4.69, 9.17) is 10.7 Å². The summed E-state index contributed by atoms with van der Waals surface area (Å²) in [5.74, 6) is 0.722. The quantitative estimate of drug-likeness (QED) is 0.263. The van der Waals surface area contributed by atoms with Crippen molar-refractivity contribution in [3.8, 4) is 39.5 Å². The van der Waals surface area contributed by atoms with E-state index in [-0.39, 0.29) is 5.54 Å². The molecule has 1 aliphatic rings. The van der Waals surface area contributed by atoms with Gasteiger partial charge in [0.2, 0.25) is 0 Å². The first-order valence-electron chi connectivity index (χ1n) is 13.9. The monoisotopic (exact) mass is 533 g/mol. The van der Waals surface area contributed by atoms with Gasteiger partial charge in [-0.15, -0.1) is 10.2 Å². The largest absolute Gasteiger partial charge is 0.321 e. The maximum absolute atomic E-state index is 6.61. The lowest BCUT2D eigenvalue weighted by atomic mass is 9.72. The Kier molecular flexibility index (Phi) is 5.33. The summed E-state index contributed by atoms with van der Waals surface area (Å²) in [4.78, 5) is 5.24. The standard InChI is InChI=1S/C34H27N7/c35-34(18-7-19-34)26-14-12-24(13-15-26)32-28(23-8-3-1-4-9-23)20-30-29(37-32)16-17-31-38-39-33(41(30)31)25-21-36-40(22-25)27-10-5-2-6-11-27/h1-6,8-17,20-22H,7,18-19,35H2. The van der Waals surface area contributed by atoms with Crippen LogP contribution < -0.4 is 5.73 Å². The lowest BCUT2D eigenvalue weighted by Gasteiger charge is -2.38. The number of hydrogen-bond acceptors (Lipinski definition) is 5. The van der Waals surface area contributed by atoms with E-state index >= 15 is 0 Å². The molecule has 0 radical (unpaired) electrons. The van der Waals surface area contributed by atoms with Crippen molar-refractivity contribution in [2.45, 2.75) is 24.8 Å². The molecule has 7 heteroatoms. The summed E-state index contributed by atoms with van der Waals surface area (Å²) < 4.78 is 3.93. The van der Waals surface area contributed by atoms with Crippen LogP contribution in [0.1, 0.15) is 24.8 Å². The highest BCUT2D eigenvalue weighted by atomic mass is 15.3. The minimum atomic E-state index is -0.192. The maximum atomic E-state index is 6.61. The molecule has 0 amide bonds. The Hall–Kier alpha value is -5.14.